The maximum absolute atomic E-state index is 6.59. The Balaban J connectivity index is 1.49. The summed E-state index contributed by atoms with van der Waals surface area (Å²) in [6.07, 6.45) is 15.6. The summed E-state index contributed by atoms with van der Waals surface area (Å²) in [5.41, 5.74) is 8.28. The minimum absolute atomic E-state index is 0.166. The van der Waals surface area contributed by atoms with Crippen LogP contribution < -0.4 is 5.73 Å². The molecule has 114 valence electrons. The molecule has 1 aromatic rings. The van der Waals surface area contributed by atoms with Gasteiger partial charge in [-0.1, -0.05) is 12.8 Å². The third-order valence-electron chi connectivity index (χ3n) is 7.15. The molecular formula is C18H27N3. The highest BCUT2D eigenvalue weighted by molar-refractivity contribution is 5.24. The Hall–Kier alpha value is -0.830. The Labute approximate surface area is 127 Å². The van der Waals surface area contributed by atoms with Gasteiger partial charge >= 0.3 is 0 Å². The normalized spacial score (nSPS) is 43.6. The Kier molecular flexibility index (Phi) is 2.49. The van der Waals surface area contributed by atoms with Gasteiger partial charge in [0.05, 0.1) is 5.54 Å². The third kappa shape index (κ3) is 1.79. The van der Waals surface area contributed by atoms with Crippen molar-refractivity contribution in [2.24, 2.45) is 23.5 Å². The van der Waals surface area contributed by atoms with E-state index in [0.717, 1.165) is 36.4 Å². The molecule has 0 unspecified atom stereocenters. The predicted octanol–water partition coefficient (Wildman–Crippen LogP) is 3.61. The first kappa shape index (κ1) is 12.7. The van der Waals surface area contributed by atoms with Crippen LogP contribution in [0.25, 0.3) is 0 Å². The highest BCUT2D eigenvalue weighted by Gasteiger charge is 2.52. The van der Waals surface area contributed by atoms with Crippen molar-refractivity contribution in [3.8, 4) is 0 Å². The van der Waals surface area contributed by atoms with Crippen LogP contribution in [0.5, 0.6) is 0 Å². The molecule has 0 atom stereocenters. The summed E-state index contributed by atoms with van der Waals surface area (Å²) in [6, 6.07) is 0. The van der Waals surface area contributed by atoms with Crippen molar-refractivity contribution in [3.05, 3.63) is 17.7 Å². The molecule has 0 aromatic carbocycles. The summed E-state index contributed by atoms with van der Waals surface area (Å²) >= 11 is 0. The van der Waals surface area contributed by atoms with Gasteiger partial charge in [-0.05, 0) is 69.1 Å². The standard InChI is InChI=1S/C18H27N3/c19-18(3-1-2-4-18)16-20-11-15(21-16)17-8-12-5-13(9-17)7-14(6-12)10-17/h11-14H,1-10,19H2,(H,20,21). The van der Waals surface area contributed by atoms with Crippen molar-refractivity contribution in [1.82, 2.24) is 9.97 Å². The van der Waals surface area contributed by atoms with Gasteiger partial charge in [0.1, 0.15) is 5.82 Å². The van der Waals surface area contributed by atoms with Crippen molar-refractivity contribution >= 4 is 0 Å². The first-order valence-electron chi connectivity index (χ1n) is 9.00. The molecule has 0 saturated heterocycles. The van der Waals surface area contributed by atoms with E-state index in [9.17, 15) is 0 Å². The third-order valence-corrected chi connectivity index (χ3v) is 7.15. The molecule has 4 bridgehead atoms. The molecule has 3 N–H and O–H groups in total. The number of nitrogens with one attached hydrogen (secondary N) is 1. The van der Waals surface area contributed by atoms with E-state index in [0.29, 0.717) is 5.41 Å². The zero-order chi connectivity index (χ0) is 14.1. The van der Waals surface area contributed by atoms with E-state index in [2.05, 4.69) is 11.2 Å². The van der Waals surface area contributed by atoms with E-state index >= 15 is 0 Å². The van der Waals surface area contributed by atoms with Gasteiger partial charge < -0.3 is 10.7 Å². The number of aromatic amines is 1. The Bertz CT molecular complexity index is 517. The van der Waals surface area contributed by atoms with E-state index in [4.69, 9.17) is 10.7 Å². The average Bonchev–Trinajstić information content (AvgIpc) is 3.06. The lowest BCUT2D eigenvalue weighted by Crippen LogP contribution is -2.48. The van der Waals surface area contributed by atoms with Gasteiger partial charge in [0.2, 0.25) is 0 Å². The Morgan fingerprint density at radius 2 is 1.57 bits per heavy atom. The van der Waals surface area contributed by atoms with Crippen molar-refractivity contribution in [2.45, 2.75) is 75.2 Å². The molecule has 1 aromatic heterocycles. The fraction of sp³-hybridized carbons (Fsp3) is 0.833. The molecule has 6 rings (SSSR count). The fourth-order valence-electron chi connectivity index (χ4n) is 6.53. The van der Waals surface area contributed by atoms with E-state index in [1.54, 1.807) is 0 Å². The highest BCUT2D eigenvalue weighted by Crippen LogP contribution is 2.60. The van der Waals surface area contributed by atoms with Crippen molar-refractivity contribution in [3.63, 3.8) is 0 Å². The number of nitrogens with zero attached hydrogens (tertiary/aromatic N) is 1. The number of rotatable bonds is 2. The fourth-order valence-corrected chi connectivity index (χ4v) is 6.53. The molecule has 3 nitrogen and oxygen atoms in total. The van der Waals surface area contributed by atoms with Gasteiger partial charge in [-0.15, -0.1) is 0 Å². The quantitative estimate of drug-likeness (QED) is 0.872. The van der Waals surface area contributed by atoms with Crippen molar-refractivity contribution in [1.29, 1.82) is 0 Å². The lowest BCUT2D eigenvalue weighted by atomic mass is 9.49. The van der Waals surface area contributed by atoms with Crippen LogP contribution in [-0.4, -0.2) is 9.97 Å². The lowest BCUT2D eigenvalue weighted by molar-refractivity contribution is -0.00710. The zero-order valence-corrected chi connectivity index (χ0v) is 12.9. The summed E-state index contributed by atoms with van der Waals surface area (Å²) < 4.78 is 0. The molecule has 5 fully saturated rings. The van der Waals surface area contributed by atoms with Gasteiger partial charge in [0.25, 0.3) is 0 Å². The maximum atomic E-state index is 6.59. The van der Waals surface area contributed by atoms with Gasteiger partial charge in [0.15, 0.2) is 0 Å². The molecule has 0 aliphatic heterocycles. The van der Waals surface area contributed by atoms with E-state index in [-0.39, 0.29) is 5.54 Å². The van der Waals surface area contributed by atoms with Crippen LogP contribution >= 0.6 is 0 Å². The van der Waals surface area contributed by atoms with Crippen LogP contribution in [0.4, 0.5) is 0 Å². The molecule has 1 heterocycles. The number of H-pyrrole nitrogens is 1. The second-order valence-corrected chi connectivity index (χ2v) is 8.71. The smallest absolute Gasteiger partial charge is 0.126 e. The van der Waals surface area contributed by atoms with Gasteiger partial charge in [-0.3, -0.25) is 0 Å². The first-order chi connectivity index (χ1) is 10.2. The van der Waals surface area contributed by atoms with Crippen LogP contribution in [0.15, 0.2) is 6.20 Å². The van der Waals surface area contributed by atoms with Crippen LogP contribution in [0.3, 0.4) is 0 Å². The van der Waals surface area contributed by atoms with Crippen LogP contribution in [0.2, 0.25) is 0 Å². The average molecular weight is 285 g/mol. The second-order valence-electron chi connectivity index (χ2n) is 8.71. The number of hydrogen-bond acceptors (Lipinski definition) is 2. The monoisotopic (exact) mass is 285 g/mol. The number of aromatic nitrogens is 2. The van der Waals surface area contributed by atoms with Crippen LogP contribution in [-0.2, 0) is 11.0 Å². The highest BCUT2D eigenvalue weighted by atomic mass is 15.0. The molecule has 5 saturated carbocycles. The molecule has 5 aliphatic rings. The predicted molar refractivity (Wildman–Crippen MR) is 82.8 cm³/mol. The molecule has 0 amide bonds. The largest absolute Gasteiger partial charge is 0.344 e. The molecule has 0 spiro atoms. The lowest BCUT2D eigenvalue weighted by Gasteiger charge is -2.56. The molecule has 0 radical (unpaired) electrons. The Morgan fingerprint density at radius 3 is 2.14 bits per heavy atom. The van der Waals surface area contributed by atoms with Crippen LogP contribution in [0, 0.1) is 17.8 Å². The minimum Gasteiger partial charge on any atom is -0.344 e. The number of hydrogen-bond donors (Lipinski definition) is 2. The molecule has 5 aliphatic carbocycles. The Morgan fingerprint density at radius 1 is 1.00 bits per heavy atom. The summed E-state index contributed by atoms with van der Waals surface area (Å²) in [5.74, 6) is 4.04. The summed E-state index contributed by atoms with van der Waals surface area (Å²) in [7, 11) is 0. The summed E-state index contributed by atoms with van der Waals surface area (Å²) in [5, 5.41) is 0. The van der Waals surface area contributed by atoms with Crippen molar-refractivity contribution < 1.29 is 0 Å². The first-order valence-corrected chi connectivity index (χ1v) is 9.00. The SMILES string of the molecule is NC1(c2ncc(C34CC5CC(CC(C5)C3)C4)[nH]2)CCCC1. The molecule has 21 heavy (non-hydrogen) atoms. The number of imidazole rings is 1. The second kappa shape index (κ2) is 4.13. The summed E-state index contributed by atoms with van der Waals surface area (Å²) in [6.45, 7) is 0. The van der Waals surface area contributed by atoms with E-state index in [1.807, 2.05) is 0 Å². The zero-order valence-electron chi connectivity index (χ0n) is 12.9. The van der Waals surface area contributed by atoms with Gasteiger partial charge in [-0.25, -0.2) is 4.98 Å². The van der Waals surface area contributed by atoms with E-state index in [1.165, 1.54) is 57.1 Å². The van der Waals surface area contributed by atoms with Gasteiger partial charge in [-0.2, -0.15) is 0 Å². The number of nitrogens with two attached hydrogens (primary N) is 1. The van der Waals surface area contributed by atoms with Crippen molar-refractivity contribution in [2.75, 3.05) is 0 Å². The van der Waals surface area contributed by atoms with Crippen LogP contribution in [0.1, 0.15) is 75.7 Å². The molecule has 3 heteroatoms. The van der Waals surface area contributed by atoms with E-state index < -0.39 is 0 Å². The topological polar surface area (TPSA) is 54.7 Å². The minimum atomic E-state index is -0.166. The summed E-state index contributed by atoms with van der Waals surface area (Å²) in [4.78, 5) is 8.46. The van der Waals surface area contributed by atoms with Gasteiger partial charge in [0, 0.05) is 17.3 Å². The molecular weight excluding hydrogens is 258 g/mol. The maximum Gasteiger partial charge on any atom is 0.126 e.